The highest BCUT2D eigenvalue weighted by Gasteiger charge is 2.22. The van der Waals surface area contributed by atoms with Gasteiger partial charge < -0.3 is 19.2 Å². The minimum Gasteiger partial charge on any atom is -0.472 e. The Hall–Kier alpha value is -0.840. The highest BCUT2D eigenvalue weighted by atomic mass is 16.7. The van der Waals surface area contributed by atoms with Crippen molar-refractivity contribution in [2.75, 3.05) is 20.8 Å². The summed E-state index contributed by atoms with van der Waals surface area (Å²) in [5, 5.41) is 3.36. The van der Waals surface area contributed by atoms with Gasteiger partial charge in [0.1, 0.15) is 0 Å². The van der Waals surface area contributed by atoms with Crippen molar-refractivity contribution < 1.29 is 13.9 Å². The molecule has 0 radical (unpaired) electrons. The molecule has 0 spiro atoms. The Morgan fingerprint density at radius 3 is 2.60 bits per heavy atom. The summed E-state index contributed by atoms with van der Waals surface area (Å²) >= 11 is 0. The van der Waals surface area contributed by atoms with E-state index in [1.165, 1.54) is 0 Å². The normalized spacial score (nSPS) is 13.3. The molecule has 0 aliphatic rings. The molecule has 1 unspecified atom stereocenters. The van der Waals surface area contributed by atoms with Crippen LogP contribution in [0.15, 0.2) is 23.0 Å². The summed E-state index contributed by atoms with van der Waals surface area (Å²) in [5.41, 5.74) is 1.04. The van der Waals surface area contributed by atoms with Crippen LogP contribution in [0.5, 0.6) is 0 Å². The molecule has 1 aromatic rings. The summed E-state index contributed by atoms with van der Waals surface area (Å²) in [7, 11) is 3.27. The molecule has 1 rings (SSSR count). The fraction of sp³-hybridized carbons (Fsp3) is 0.636. The maximum Gasteiger partial charge on any atom is 0.176 e. The molecule has 0 amide bonds. The van der Waals surface area contributed by atoms with Crippen molar-refractivity contribution in [3.63, 3.8) is 0 Å². The first-order chi connectivity index (χ1) is 7.33. The maximum absolute atomic E-state index is 5.26. The van der Waals surface area contributed by atoms with Crippen LogP contribution in [-0.4, -0.2) is 27.1 Å². The largest absolute Gasteiger partial charge is 0.472 e. The van der Waals surface area contributed by atoms with Crippen LogP contribution in [0.2, 0.25) is 0 Å². The number of methoxy groups -OCH3 is 2. The third kappa shape index (κ3) is 3.34. The molecule has 0 aliphatic carbocycles. The molecule has 0 fully saturated rings. The minimum atomic E-state index is -0.297. The molecular weight excluding hydrogens is 194 g/mol. The molecule has 1 N–H and O–H groups in total. The molecule has 0 aliphatic heterocycles. The van der Waals surface area contributed by atoms with Crippen molar-refractivity contribution in [3.8, 4) is 0 Å². The van der Waals surface area contributed by atoms with Crippen molar-refractivity contribution in [3.05, 3.63) is 24.2 Å². The quantitative estimate of drug-likeness (QED) is 0.703. The van der Waals surface area contributed by atoms with E-state index in [0.717, 1.165) is 18.5 Å². The maximum atomic E-state index is 5.26. The Bertz CT molecular complexity index is 244. The average molecular weight is 213 g/mol. The Kier molecular flexibility index (Phi) is 5.39. The topological polar surface area (TPSA) is 43.6 Å². The van der Waals surface area contributed by atoms with Crippen LogP contribution in [-0.2, 0) is 9.47 Å². The van der Waals surface area contributed by atoms with Crippen molar-refractivity contribution in [1.82, 2.24) is 5.32 Å². The molecule has 0 saturated carbocycles. The first-order valence-corrected chi connectivity index (χ1v) is 5.14. The van der Waals surface area contributed by atoms with Crippen LogP contribution in [0.3, 0.4) is 0 Å². The number of rotatable bonds is 7. The van der Waals surface area contributed by atoms with Crippen molar-refractivity contribution >= 4 is 0 Å². The Morgan fingerprint density at radius 1 is 1.40 bits per heavy atom. The second-order valence-electron chi connectivity index (χ2n) is 3.33. The molecule has 1 aromatic heterocycles. The van der Waals surface area contributed by atoms with Gasteiger partial charge in [-0.1, -0.05) is 6.92 Å². The summed E-state index contributed by atoms with van der Waals surface area (Å²) in [6.45, 7) is 3.03. The van der Waals surface area contributed by atoms with Crippen LogP contribution in [0.25, 0.3) is 0 Å². The molecule has 0 aromatic carbocycles. The molecule has 0 saturated heterocycles. The molecular formula is C11H19NO3. The first kappa shape index (κ1) is 12.2. The molecule has 4 nitrogen and oxygen atoms in total. The van der Waals surface area contributed by atoms with E-state index in [-0.39, 0.29) is 12.3 Å². The standard InChI is InChI=1S/C11H19NO3/c1-4-6-12-10(11(13-2)14-3)9-5-7-15-8-9/h5,7-8,10-12H,4,6H2,1-3H3. The SMILES string of the molecule is CCCNC(c1ccoc1)C(OC)OC. The predicted octanol–water partition coefficient (Wildman–Crippen LogP) is 1.94. The zero-order valence-corrected chi connectivity index (χ0v) is 9.53. The zero-order chi connectivity index (χ0) is 11.1. The van der Waals surface area contributed by atoms with Gasteiger partial charge >= 0.3 is 0 Å². The van der Waals surface area contributed by atoms with Gasteiger partial charge in [-0.15, -0.1) is 0 Å². The number of nitrogens with one attached hydrogen (secondary N) is 1. The monoisotopic (exact) mass is 213 g/mol. The first-order valence-electron chi connectivity index (χ1n) is 5.14. The lowest BCUT2D eigenvalue weighted by molar-refractivity contribution is -0.124. The van der Waals surface area contributed by atoms with Crippen LogP contribution < -0.4 is 5.32 Å². The number of hydrogen-bond donors (Lipinski definition) is 1. The molecule has 1 atom stereocenters. The summed E-state index contributed by atoms with van der Waals surface area (Å²) < 4.78 is 15.6. The van der Waals surface area contributed by atoms with Gasteiger partial charge in [0.25, 0.3) is 0 Å². The fourth-order valence-corrected chi connectivity index (χ4v) is 1.49. The lowest BCUT2D eigenvalue weighted by Crippen LogP contribution is -2.34. The van der Waals surface area contributed by atoms with E-state index >= 15 is 0 Å². The summed E-state index contributed by atoms with van der Waals surface area (Å²) in [4.78, 5) is 0. The third-order valence-electron chi connectivity index (χ3n) is 2.25. The van der Waals surface area contributed by atoms with Gasteiger partial charge in [0.05, 0.1) is 18.6 Å². The summed E-state index contributed by atoms with van der Waals surface area (Å²) in [5.74, 6) is 0. The Balaban J connectivity index is 2.68. The van der Waals surface area contributed by atoms with Gasteiger partial charge in [-0.3, -0.25) is 0 Å². The molecule has 0 bridgehead atoms. The van der Waals surface area contributed by atoms with Crippen LogP contribution in [0.4, 0.5) is 0 Å². The van der Waals surface area contributed by atoms with Gasteiger partial charge in [-0.2, -0.15) is 0 Å². The smallest absolute Gasteiger partial charge is 0.176 e. The highest BCUT2D eigenvalue weighted by molar-refractivity contribution is 5.12. The Morgan fingerprint density at radius 2 is 2.13 bits per heavy atom. The Labute approximate surface area is 90.6 Å². The van der Waals surface area contributed by atoms with E-state index in [2.05, 4.69) is 12.2 Å². The summed E-state index contributed by atoms with van der Waals surface area (Å²) in [6.07, 6.45) is 4.12. The minimum absolute atomic E-state index is 0.0127. The van der Waals surface area contributed by atoms with Crippen molar-refractivity contribution in [1.29, 1.82) is 0 Å². The number of ether oxygens (including phenoxy) is 2. The highest BCUT2D eigenvalue weighted by Crippen LogP contribution is 2.19. The van der Waals surface area contributed by atoms with Gasteiger partial charge in [0, 0.05) is 19.8 Å². The lowest BCUT2D eigenvalue weighted by atomic mass is 10.1. The second-order valence-corrected chi connectivity index (χ2v) is 3.33. The molecule has 1 heterocycles. The molecule has 86 valence electrons. The van der Waals surface area contributed by atoms with E-state index in [1.54, 1.807) is 26.7 Å². The predicted molar refractivity (Wildman–Crippen MR) is 57.5 cm³/mol. The van der Waals surface area contributed by atoms with Gasteiger partial charge in [0.2, 0.25) is 0 Å². The van der Waals surface area contributed by atoms with E-state index in [4.69, 9.17) is 13.9 Å². The van der Waals surface area contributed by atoms with Crippen LogP contribution in [0.1, 0.15) is 24.9 Å². The van der Waals surface area contributed by atoms with Gasteiger partial charge in [-0.25, -0.2) is 0 Å². The van der Waals surface area contributed by atoms with Gasteiger partial charge in [-0.05, 0) is 19.0 Å². The fourth-order valence-electron chi connectivity index (χ4n) is 1.49. The second kappa shape index (κ2) is 6.61. The summed E-state index contributed by atoms with van der Waals surface area (Å²) in [6, 6.07) is 1.93. The average Bonchev–Trinajstić information content (AvgIpc) is 2.77. The lowest BCUT2D eigenvalue weighted by Gasteiger charge is -2.24. The third-order valence-corrected chi connectivity index (χ3v) is 2.25. The molecule has 15 heavy (non-hydrogen) atoms. The zero-order valence-electron chi connectivity index (χ0n) is 9.53. The van der Waals surface area contributed by atoms with Crippen molar-refractivity contribution in [2.24, 2.45) is 0 Å². The van der Waals surface area contributed by atoms with Crippen LogP contribution in [0, 0.1) is 0 Å². The number of furan rings is 1. The van der Waals surface area contributed by atoms with E-state index in [0.29, 0.717) is 0 Å². The number of hydrogen-bond acceptors (Lipinski definition) is 4. The van der Waals surface area contributed by atoms with E-state index < -0.39 is 0 Å². The molecule has 4 heteroatoms. The van der Waals surface area contributed by atoms with Crippen LogP contribution >= 0.6 is 0 Å². The van der Waals surface area contributed by atoms with Crippen molar-refractivity contribution in [2.45, 2.75) is 25.7 Å². The van der Waals surface area contributed by atoms with Gasteiger partial charge in [0.15, 0.2) is 6.29 Å². The van der Waals surface area contributed by atoms with E-state index in [1.807, 2.05) is 6.07 Å². The van der Waals surface area contributed by atoms with E-state index in [9.17, 15) is 0 Å².